The van der Waals surface area contributed by atoms with Crippen LogP contribution in [-0.4, -0.2) is 25.7 Å². The van der Waals surface area contributed by atoms with E-state index in [0.717, 1.165) is 5.56 Å². The minimum Gasteiger partial charge on any atom is -0.357 e. The van der Waals surface area contributed by atoms with E-state index in [1.54, 1.807) is 0 Å². The highest BCUT2D eigenvalue weighted by molar-refractivity contribution is 5.90. The Bertz CT molecular complexity index is 445. The molecule has 2 aromatic heterocycles. The molecule has 0 aliphatic heterocycles. The van der Waals surface area contributed by atoms with Gasteiger partial charge in [0, 0.05) is 26.0 Å². The quantitative estimate of drug-likeness (QED) is 0.744. The van der Waals surface area contributed by atoms with Gasteiger partial charge < -0.3 is 9.88 Å². The molecule has 0 saturated heterocycles. The SMILES string of the molecule is Cn1ccc(CNC(=O)c2ncn[nH]2)c1. The number of nitrogens with zero attached hydrogens (tertiary/aromatic N) is 3. The zero-order valence-corrected chi connectivity index (χ0v) is 8.27. The Hall–Kier alpha value is -2.11. The third-order valence-corrected chi connectivity index (χ3v) is 1.98. The molecule has 0 bridgehead atoms. The molecule has 0 unspecified atom stereocenters. The summed E-state index contributed by atoms with van der Waals surface area (Å²) in [6, 6.07) is 1.95. The van der Waals surface area contributed by atoms with Crippen LogP contribution in [0.25, 0.3) is 0 Å². The number of aromatic nitrogens is 4. The molecular formula is C9H11N5O. The molecule has 2 N–H and O–H groups in total. The Labute approximate surface area is 86.3 Å². The van der Waals surface area contributed by atoms with Crippen molar-refractivity contribution < 1.29 is 4.79 Å². The lowest BCUT2D eigenvalue weighted by Gasteiger charge is -1.99. The number of amides is 1. The normalized spacial score (nSPS) is 10.2. The molecule has 0 radical (unpaired) electrons. The van der Waals surface area contributed by atoms with Crippen LogP contribution in [0.4, 0.5) is 0 Å². The fourth-order valence-electron chi connectivity index (χ4n) is 1.25. The molecule has 6 nitrogen and oxygen atoms in total. The van der Waals surface area contributed by atoms with Gasteiger partial charge in [0.05, 0.1) is 0 Å². The monoisotopic (exact) mass is 205 g/mol. The summed E-state index contributed by atoms with van der Waals surface area (Å²) in [6.07, 6.45) is 5.17. The molecule has 78 valence electrons. The largest absolute Gasteiger partial charge is 0.357 e. The molecular weight excluding hydrogens is 194 g/mol. The van der Waals surface area contributed by atoms with Crippen molar-refractivity contribution in [3.05, 3.63) is 36.2 Å². The summed E-state index contributed by atoms with van der Waals surface area (Å²) in [6.45, 7) is 0.486. The molecule has 0 fully saturated rings. The molecule has 0 atom stereocenters. The van der Waals surface area contributed by atoms with Crippen LogP contribution in [0.5, 0.6) is 0 Å². The summed E-state index contributed by atoms with van der Waals surface area (Å²) >= 11 is 0. The van der Waals surface area contributed by atoms with Crippen LogP contribution in [0.3, 0.4) is 0 Å². The van der Waals surface area contributed by atoms with E-state index >= 15 is 0 Å². The number of H-pyrrole nitrogens is 1. The van der Waals surface area contributed by atoms with E-state index in [1.165, 1.54) is 6.33 Å². The number of aryl methyl sites for hydroxylation is 1. The summed E-state index contributed by atoms with van der Waals surface area (Å²) in [5.41, 5.74) is 1.05. The number of nitrogens with one attached hydrogen (secondary N) is 2. The number of hydrogen-bond acceptors (Lipinski definition) is 3. The molecule has 2 aromatic rings. The standard InChI is InChI=1S/C9H11N5O/c1-14-3-2-7(5-14)4-10-9(15)8-11-6-12-13-8/h2-3,5-6H,4H2,1H3,(H,10,15)(H,11,12,13). The Balaban J connectivity index is 1.91. The lowest BCUT2D eigenvalue weighted by Crippen LogP contribution is -2.23. The number of carbonyl (C=O) groups excluding carboxylic acids is 1. The van der Waals surface area contributed by atoms with Crippen molar-refractivity contribution in [3.8, 4) is 0 Å². The van der Waals surface area contributed by atoms with Crippen LogP contribution in [0.15, 0.2) is 24.8 Å². The van der Waals surface area contributed by atoms with Crippen molar-refractivity contribution in [2.75, 3.05) is 0 Å². The van der Waals surface area contributed by atoms with Crippen molar-refractivity contribution in [1.29, 1.82) is 0 Å². The lowest BCUT2D eigenvalue weighted by molar-refractivity contribution is 0.0941. The fourth-order valence-corrected chi connectivity index (χ4v) is 1.25. The van der Waals surface area contributed by atoms with E-state index in [9.17, 15) is 4.79 Å². The van der Waals surface area contributed by atoms with Gasteiger partial charge in [0.25, 0.3) is 5.91 Å². The molecule has 0 aliphatic rings. The summed E-state index contributed by atoms with van der Waals surface area (Å²) in [5.74, 6) is -0.0257. The van der Waals surface area contributed by atoms with E-state index in [1.807, 2.05) is 30.1 Å². The van der Waals surface area contributed by atoms with Gasteiger partial charge in [-0.25, -0.2) is 4.98 Å². The fraction of sp³-hybridized carbons (Fsp3) is 0.222. The predicted molar refractivity (Wildman–Crippen MR) is 53.0 cm³/mol. The number of hydrogen-bond donors (Lipinski definition) is 2. The average Bonchev–Trinajstić information content (AvgIpc) is 2.84. The smallest absolute Gasteiger partial charge is 0.288 e. The Morgan fingerprint density at radius 2 is 2.53 bits per heavy atom. The van der Waals surface area contributed by atoms with Crippen LogP contribution in [-0.2, 0) is 13.6 Å². The van der Waals surface area contributed by atoms with Crippen molar-refractivity contribution in [2.24, 2.45) is 7.05 Å². The van der Waals surface area contributed by atoms with Gasteiger partial charge in [0.1, 0.15) is 6.33 Å². The summed E-state index contributed by atoms with van der Waals surface area (Å²) in [4.78, 5) is 15.2. The van der Waals surface area contributed by atoms with Gasteiger partial charge in [-0.1, -0.05) is 0 Å². The number of rotatable bonds is 3. The first-order chi connectivity index (χ1) is 7.25. The number of carbonyl (C=O) groups is 1. The van der Waals surface area contributed by atoms with Crippen LogP contribution in [0.2, 0.25) is 0 Å². The molecule has 0 spiro atoms. The van der Waals surface area contributed by atoms with E-state index < -0.39 is 0 Å². The first-order valence-electron chi connectivity index (χ1n) is 4.50. The highest BCUT2D eigenvalue weighted by Crippen LogP contribution is 1.98. The first kappa shape index (κ1) is 9.45. The minimum absolute atomic E-state index is 0.228. The maximum absolute atomic E-state index is 11.4. The van der Waals surface area contributed by atoms with E-state index in [0.29, 0.717) is 6.54 Å². The first-order valence-corrected chi connectivity index (χ1v) is 4.50. The lowest BCUT2D eigenvalue weighted by atomic mass is 10.3. The van der Waals surface area contributed by atoms with Crippen molar-refractivity contribution in [2.45, 2.75) is 6.54 Å². The van der Waals surface area contributed by atoms with Gasteiger partial charge >= 0.3 is 0 Å². The molecule has 15 heavy (non-hydrogen) atoms. The summed E-state index contributed by atoms with van der Waals surface area (Å²) in [7, 11) is 1.93. The zero-order valence-electron chi connectivity index (χ0n) is 8.27. The van der Waals surface area contributed by atoms with Crippen LogP contribution in [0, 0.1) is 0 Å². The van der Waals surface area contributed by atoms with E-state index in [2.05, 4.69) is 20.5 Å². The minimum atomic E-state index is -0.253. The summed E-state index contributed by atoms with van der Waals surface area (Å²) < 4.78 is 1.93. The van der Waals surface area contributed by atoms with Gasteiger partial charge in [-0.3, -0.25) is 9.89 Å². The zero-order chi connectivity index (χ0) is 10.7. The predicted octanol–water partition coefficient (Wildman–Crippen LogP) is 0.0732. The number of aromatic amines is 1. The van der Waals surface area contributed by atoms with Gasteiger partial charge in [-0.05, 0) is 11.6 Å². The van der Waals surface area contributed by atoms with Crippen molar-refractivity contribution in [1.82, 2.24) is 25.1 Å². The molecule has 2 rings (SSSR count). The second-order valence-corrected chi connectivity index (χ2v) is 3.20. The Morgan fingerprint density at radius 3 is 3.13 bits per heavy atom. The van der Waals surface area contributed by atoms with Crippen LogP contribution < -0.4 is 5.32 Å². The highest BCUT2D eigenvalue weighted by Gasteiger charge is 2.07. The summed E-state index contributed by atoms with van der Waals surface area (Å²) in [5, 5.41) is 8.83. The second kappa shape index (κ2) is 3.95. The maximum atomic E-state index is 11.4. The topological polar surface area (TPSA) is 75.6 Å². The van der Waals surface area contributed by atoms with Crippen LogP contribution in [0.1, 0.15) is 16.2 Å². The van der Waals surface area contributed by atoms with E-state index in [4.69, 9.17) is 0 Å². The van der Waals surface area contributed by atoms with Crippen molar-refractivity contribution >= 4 is 5.91 Å². The molecule has 2 heterocycles. The average molecular weight is 205 g/mol. The molecule has 0 aromatic carbocycles. The third-order valence-electron chi connectivity index (χ3n) is 1.98. The Morgan fingerprint density at radius 1 is 1.67 bits per heavy atom. The van der Waals surface area contributed by atoms with Gasteiger partial charge in [-0.2, -0.15) is 5.10 Å². The molecule has 1 amide bonds. The highest BCUT2D eigenvalue weighted by atomic mass is 16.2. The van der Waals surface area contributed by atoms with Gasteiger partial charge in [-0.15, -0.1) is 0 Å². The second-order valence-electron chi connectivity index (χ2n) is 3.20. The Kier molecular flexibility index (Phi) is 2.49. The molecule has 6 heteroatoms. The molecule has 0 aliphatic carbocycles. The van der Waals surface area contributed by atoms with Gasteiger partial charge in [0.15, 0.2) is 0 Å². The van der Waals surface area contributed by atoms with Crippen LogP contribution >= 0.6 is 0 Å². The molecule has 0 saturated carbocycles. The maximum Gasteiger partial charge on any atom is 0.288 e. The third kappa shape index (κ3) is 2.22. The van der Waals surface area contributed by atoms with Gasteiger partial charge in [0.2, 0.25) is 5.82 Å². The van der Waals surface area contributed by atoms with E-state index in [-0.39, 0.29) is 11.7 Å². The van der Waals surface area contributed by atoms with Crippen molar-refractivity contribution in [3.63, 3.8) is 0 Å².